The zero-order valence-electron chi connectivity index (χ0n) is 10.6. The van der Waals surface area contributed by atoms with Crippen LogP contribution in [-0.4, -0.2) is 52.8 Å². The minimum Gasteiger partial charge on any atom is -0.363 e. The van der Waals surface area contributed by atoms with Crippen molar-refractivity contribution >= 4 is 35.5 Å². The molecule has 2 unspecified atom stereocenters. The number of rotatable bonds is 7. The van der Waals surface area contributed by atoms with Crippen molar-refractivity contribution in [3.8, 4) is 0 Å². The fourth-order valence-corrected chi connectivity index (χ4v) is 2.67. The number of likely N-dealkylation sites (N-methyl/N-ethyl adjacent to an activating group) is 2. The summed E-state index contributed by atoms with van der Waals surface area (Å²) >= 11 is 1.02. The number of carbonyl (C=O) groups excluding carboxylic acids is 4. The molecule has 2 atom stereocenters. The predicted octanol–water partition coefficient (Wildman–Crippen LogP) is -2.03. The second-order valence-corrected chi connectivity index (χ2v) is 5.30. The molecule has 0 aromatic carbocycles. The highest BCUT2D eigenvalue weighted by Crippen LogP contribution is 2.23. The average Bonchev–Trinajstić information content (AvgIpc) is 2.63. The lowest BCUT2D eigenvalue weighted by Gasteiger charge is -2.26. The van der Waals surface area contributed by atoms with Crippen LogP contribution in [0, 0.1) is 0 Å². The van der Waals surface area contributed by atoms with E-state index >= 15 is 0 Å². The second-order valence-electron chi connectivity index (χ2n) is 3.95. The number of nitrogens with one attached hydrogen (secondary N) is 2. The summed E-state index contributed by atoms with van der Waals surface area (Å²) in [6.45, 7) is 2.22. The highest BCUT2D eigenvalue weighted by atomic mass is 32.2. The van der Waals surface area contributed by atoms with E-state index < -0.39 is 29.0 Å². The Morgan fingerprint density at radius 1 is 1.58 bits per heavy atom. The van der Waals surface area contributed by atoms with E-state index in [4.69, 9.17) is 5.73 Å². The lowest BCUT2D eigenvalue weighted by molar-refractivity contribution is -0.138. The monoisotopic (exact) mass is 288 g/mol. The van der Waals surface area contributed by atoms with Crippen molar-refractivity contribution in [3.05, 3.63) is 0 Å². The largest absolute Gasteiger partial charge is 0.363 e. The molecule has 8 nitrogen and oxygen atoms in total. The summed E-state index contributed by atoms with van der Waals surface area (Å²) in [7, 11) is 1.55. The van der Waals surface area contributed by atoms with E-state index in [0.717, 1.165) is 11.9 Å². The molecule has 0 bridgehead atoms. The molecule has 1 saturated heterocycles. The molecule has 19 heavy (non-hydrogen) atoms. The molecule has 1 rings (SSSR count). The minimum atomic E-state index is -1.05. The van der Waals surface area contributed by atoms with Gasteiger partial charge in [0.05, 0.1) is 0 Å². The summed E-state index contributed by atoms with van der Waals surface area (Å²) in [5.74, 6) is -2.59. The van der Waals surface area contributed by atoms with Gasteiger partial charge in [-0.2, -0.15) is 0 Å². The Morgan fingerprint density at radius 3 is 2.63 bits per heavy atom. The zero-order valence-corrected chi connectivity index (χ0v) is 11.5. The van der Waals surface area contributed by atoms with Crippen molar-refractivity contribution in [1.82, 2.24) is 14.9 Å². The first kappa shape index (κ1) is 15.6. The van der Waals surface area contributed by atoms with Gasteiger partial charge in [0, 0.05) is 6.42 Å². The average molecular weight is 288 g/mol. The van der Waals surface area contributed by atoms with Crippen LogP contribution >= 0.6 is 11.9 Å². The molecule has 106 valence electrons. The number of amides is 3. The van der Waals surface area contributed by atoms with E-state index in [0.29, 0.717) is 6.54 Å². The Morgan fingerprint density at radius 2 is 2.21 bits per heavy atom. The number of primary amides is 1. The third kappa shape index (κ3) is 4.01. The first-order valence-corrected chi connectivity index (χ1v) is 6.50. The maximum absolute atomic E-state index is 11.6. The second kappa shape index (κ2) is 6.64. The molecule has 0 aliphatic carbocycles. The number of nitrogens with zero attached hydrogens (tertiary/aromatic N) is 1. The molecule has 1 aliphatic rings. The van der Waals surface area contributed by atoms with E-state index in [1.165, 1.54) is 4.31 Å². The summed E-state index contributed by atoms with van der Waals surface area (Å²) in [5.41, 5.74) is 4.96. The molecule has 0 radical (unpaired) electrons. The smallest absolute Gasteiger partial charge is 0.288 e. The Balaban J connectivity index is 2.69. The van der Waals surface area contributed by atoms with Gasteiger partial charge in [0.15, 0.2) is 0 Å². The number of imide groups is 1. The van der Waals surface area contributed by atoms with Crippen molar-refractivity contribution in [3.63, 3.8) is 0 Å². The molecule has 0 spiro atoms. The number of hydrogen-bond donors (Lipinski definition) is 3. The summed E-state index contributed by atoms with van der Waals surface area (Å²) in [6, 6.07) is 0. The van der Waals surface area contributed by atoms with Gasteiger partial charge in [0.2, 0.25) is 11.8 Å². The van der Waals surface area contributed by atoms with E-state index in [9.17, 15) is 19.2 Å². The molecular formula is C10H16N4O4S. The van der Waals surface area contributed by atoms with Crippen molar-refractivity contribution in [2.45, 2.75) is 24.8 Å². The molecule has 0 aromatic rings. The van der Waals surface area contributed by atoms with Gasteiger partial charge in [-0.05, 0) is 13.6 Å². The van der Waals surface area contributed by atoms with Crippen molar-refractivity contribution in [1.29, 1.82) is 0 Å². The molecule has 0 saturated carbocycles. The van der Waals surface area contributed by atoms with Crippen LogP contribution in [0.3, 0.4) is 0 Å². The van der Waals surface area contributed by atoms with Crippen LogP contribution in [0.5, 0.6) is 0 Å². The SMILES string of the molecule is CCNC(C(=O)C(N)=O)N(C)SC1CC(=O)NC1=O. The van der Waals surface area contributed by atoms with Crippen LogP contribution in [0.1, 0.15) is 13.3 Å². The van der Waals surface area contributed by atoms with Crippen LogP contribution in [0.25, 0.3) is 0 Å². The van der Waals surface area contributed by atoms with Gasteiger partial charge in [-0.3, -0.25) is 29.8 Å². The number of ketones is 1. The van der Waals surface area contributed by atoms with Gasteiger partial charge in [-0.15, -0.1) is 0 Å². The molecule has 1 heterocycles. The standard InChI is InChI=1S/C10H16N4O4S/c1-3-12-9(7(16)8(11)17)14(2)19-5-4-6(15)13-10(5)18/h5,9,12H,3-4H2,1-2H3,(H2,11,17)(H,13,15,18). The number of Topliss-reactive ketones (excluding diaryl/α,β-unsaturated/α-hetero) is 1. The summed E-state index contributed by atoms with van der Waals surface area (Å²) in [6.07, 6.45) is -0.867. The molecule has 4 N–H and O–H groups in total. The Labute approximate surface area is 114 Å². The molecule has 3 amide bonds. The van der Waals surface area contributed by atoms with Gasteiger partial charge < -0.3 is 5.73 Å². The molecule has 0 aromatic heterocycles. The Bertz CT molecular complexity index is 414. The van der Waals surface area contributed by atoms with E-state index in [1.54, 1.807) is 14.0 Å². The number of hydrogen-bond acceptors (Lipinski definition) is 7. The maximum atomic E-state index is 11.6. The van der Waals surface area contributed by atoms with Crippen molar-refractivity contribution in [2.24, 2.45) is 5.73 Å². The lowest BCUT2D eigenvalue weighted by atomic mass is 10.3. The summed E-state index contributed by atoms with van der Waals surface area (Å²) in [4.78, 5) is 45.1. The van der Waals surface area contributed by atoms with Crippen molar-refractivity contribution < 1.29 is 19.2 Å². The fraction of sp³-hybridized carbons (Fsp3) is 0.600. The van der Waals surface area contributed by atoms with E-state index in [-0.39, 0.29) is 12.3 Å². The predicted molar refractivity (Wildman–Crippen MR) is 68.6 cm³/mol. The highest BCUT2D eigenvalue weighted by Gasteiger charge is 2.35. The van der Waals surface area contributed by atoms with Gasteiger partial charge in [0.1, 0.15) is 11.4 Å². The normalized spacial score (nSPS) is 20.5. The number of nitrogens with two attached hydrogens (primary N) is 1. The molecule has 1 fully saturated rings. The topological polar surface area (TPSA) is 122 Å². The van der Waals surface area contributed by atoms with Crippen LogP contribution < -0.4 is 16.4 Å². The van der Waals surface area contributed by atoms with Crippen LogP contribution in [0.2, 0.25) is 0 Å². The highest BCUT2D eigenvalue weighted by molar-refractivity contribution is 7.98. The van der Waals surface area contributed by atoms with E-state index in [1.807, 2.05) is 0 Å². The van der Waals surface area contributed by atoms with Crippen LogP contribution in [-0.2, 0) is 19.2 Å². The summed E-state index contributed by atoms with van der Waals surface area (Å²) < 4.78 is 1.43. The van der Waals surface area contributed by atoms with E-state index in [2.05, 4.69) is 10.6 Å². The molecular weight excluding hydrogens is 272 g/mol. The van der Waals surface area contributed by atoms with Crippen LogP contribution in [0.15, 0.2) is 0 Å². The Hall–Kier alpha value is -1.45. The van der Waals surface area contributed by atoms with Gasteiger partial charge >= 0.3 is 0 Å². The number of carbonyl (C=O) groups is 4. The van der Waals surface area contributed by atoms with Gasteiger partial charge in [0.25, 0.3) is 11.7 Å². The third-order valence-electron chi connectivity index (χ3n) is 2.47. The summed E-state index contributed by atoms with van der Waals surface area (Å²) in [5, 5.41) is 4.38. The first-order valence-electron chi connectivity index (χ1n) is 5.67. The fourth-order valence-electron chi connectivity index (χ4n) is 1.59. The first-order chi connectivity index (χ1) is 8.86. The third-order valence-corrected chi connectivity index (χ3v) is 3.65. The molecule has 9 heteroatoms. The van der Waals surface area contributed by atoms with Gasteiger partial charge in [-0.25, -0.2) is 4.31 Å². The molecule has 1 aliphatic heterocycles. The van der Waals surface area contributed by atoms with Crippen molar-refractivity contribution in [2.75, 3.05) is 13.6 Å². The quantitative estimate of drug-likeness (QED) is 0.214. The lowest BCUT2D eigenvalue weighted by Crippen LogP contribution is -2.51. The Kier molecular flexibility index (Phi) is 5.45. The minimum absolute atomic E-state index is 0.0530. The van der Waals surface area contributed by atoms with Gasteiger partial charge in [-0.1, -0.05) is 18.9 Å². The zero-order chi connectivity index (χ0) is 14.6. The van der Waals surface area contributed by atoms with Crippen LogP contribution in [0.4, 0.5) is 0 Å². The maximum Gasteiger partial charge on any atom is 0.288 e.